The van der Waals surface area contributed by atoms with Crippen molar-refractivity contribution in [2.24, 2.45) is 0 Å². The molecule has 3 aromatic heterocycles. The molecule has 0 bridgehead atoms. The molecule has 1 saturated carbocycles. The summed E-state index contributed by atoms with van der Waals surface area (Å²) in [5, 5.41) is 6.93. The van der Waals surface area contributed by atoms with E-state index in [0.717, 1.165) is 10.9 Å². The Bertz CT molecular complexity index is 1370. The SMILES string of the molecule is COc1ncnc(OC)c1-n1c(NS(=O)(=O)[C@@H](C)[C@H](OC)c2ncc(Cl)cn2)nnc1C1(C(F)F)CCC1. The van der Waals surface area contributed by atoms with Crippen LogP contribution in [-0.4, -0.2) is 76.1 Å². The number of nitrogens with zero attached hydrogens (tertiary/aromatic N) is 7. The van der Waals surface area contributed by atoms with Crippen LogP contribution in [-0.2, 0) is 20.2 Å². The van der Waals surface area contributed by atoms with Crippen LogP contribution >= 0.6 is 11.6 Å². The van der Waals surface area contributed by atoms with Crippen LogP contribution in [0.4, 0.5) is 14.7 Å². The van der Waals surface area contributed by atoms with Gasteiger partial charge in [-0.1, -0.05) is 18.0 Å². The van der Waals surface area contributed by atoms with Crippen LogP contribution in [0.25, 0.3) is 5.69 Å². The summed E-state index contributed by atoms with van der Waals surface area (Å²) in [7, 11) is -0.398. The minimum atomic E-state index is -4.31. The molecule has 0 unspecified atom stereocenters. The first-order valence-electron chi connectivity index (χ1n) is 11.3. The van der Waals surface area contributed by atoms with E-state index >= 15 is 0 Å². The van der Waals surface area contributed by atoms with E-state index in [-0.39, 0.29) is 47.0 Å². The zero-order valence-corrected chi connectivity index (χ0v) is 22.4. The lowest BCUT2D eigenvalue weighted by molar-refractivity contribution is -0.00579. The lowest BCUT2D eigenvalue weighted by atomic mass is 9.68. The molecular weight excluding hydrogens is 550 g/mol. The number of hydrogen-bond donors (Lipinski definition) is 1. The van der Waals surface area contributed by atoms with E-state index in [0.29, 0.717) is 6.42 Å². The first kappa shape index (κ1) is 27.8. The van der Waals surface area contributed by atoms with Crippen molar-refractivity contribution in [1.29, 1.82) is 0 Å². The van der Waals surface area contributed by atoms with Gasteiger partial charge in [-0.2, -0.15) is 9.97 Å². The van der Waals surface area contributed by atoms with Gasteiger partial charge in [0.25, 0.3) is 6.43 Å². The normalized spacial score (nSPS) is 16.5. The van der Waals surface area contributed by atoms with Crippen molar-refractivity contribution in [2.45, 2.75) is 49.4 Å². The molecule has 1 aliphatic rings. The zero-order chi connectivity index (χ0) is 27.7. The molecule has 3 heterocycles. The fourth-order valence-electron chi connectivity index (χ4n) is 4.18. The summed E-state index contributed by atoms with van der Waals surface area (Å²) in [4.78, 5) is 16.2. The summed E-state index contributed by atoms with van der Waals surface area (Å²) < 4.78 is 75.3. The summed E-state index contributed by atoms with van der Waals surface area (Å²) in [6, 6.07) is 0. The molecular formula is C21H25ClF2N8O5S. The van der Waals surface area contributed by atoms with Gasteiger partial charge in [-0.25, -0.2) is 27.2 Å². The second-order valence-electron chi connectivity index (χ2n) is 8.50. The number of hydrogen-bond acceptors (Lipinski definition) is 11. The Morgan fingerprint density at radius 1 is 1.05 bits per heavy atom. The van der Waals surface area contributed by atoms with Crippen LogP contribution < -0.4 is 14.2 Å². The second kappa shape index (κ2) is 10.9. The molecule has 1 N–H and O–H groups in total. The largest absolute Gasteiger partial charge is 0.479 e. The Balaban J connectivity index is 1.84. The van der Waals surface area contributed by atoms with Crippen LogP contribution in [0.1, 0.15) is 43.9 Å². The number of sulfonamides is 1. The molecule has 0 saturated heterocycles. The predicted octanol–water partition coefficient (Wildman–Crippen LogP) is 2.72. The third-order valence-electron chi connectivity index (χ3n) is 6.44. The molecule has 2 atom stereocenters. The lowest BCUT2D eigenvalue weighted by Gasteiger charge is -2.40. The third-order valence-corrected chi connectivity index (χ3v) is 8.32. The van der Waals surface area contributed by atoms with Crippen molar-refractivity contribution in [1.82, 2.24) is 34.7 Å². The van der Waals surface area contributed by atoms with E-state index in [1.807, 2.05) is 0 Å². The highest BCUT2D eigenvalue weighted by atomic mass is 35.5. The number of ether oxygens (including phenoxy) is 3. The Morgan fingerprint density at radius 2 is 1.66 bits per heavy atom. The summed E-state index contributed by atoms with van der Waals surface area (Å²) in [6.45, 7) is 1.37. The van der Waals surface area contributed by atoms with E-state index in [2.05, 4.69) is 34.9 Å². The van der Waals surface area contributed by atoms with Crippen LogP contribution in [0.2, 0.25) is 5.02 Å². The fraction of sp³-hybridized carbons (Fsp3) is 0.524. The summed E-state index contributed by atoms with van der Waals surface area (Å²) in [6.07, 6.45) is 0.620. The van der Waals surface area contributed by atoms with E-state index in [4.69, 9.17) is 25.8 Å². The molecule has 4 rings (SSSR count). The highest BCUT2D eigenvalue weighted by molar-refractivity contribution is 7.93. The molecule has 0 spiro atoms. The Kier molecular flexibility index (Phi) is 7.94. The molecule has 0 aromatic carbocycles. The monoisotopic (exact) mass is 574 g/mol. The standard InChI is InChI=1S/C21H25ClF2N8O5S/c1-11(14(35-2)15-25-8-12(22)9-26-15)38(33,34)31-20-30-29-19(21(18(23)24)6-5-7-21)32(20)13-16(36-3)27-10-28-17(13)37-4/h8-11,14,18H,5-7H2,1-4H3,(H,30,31)/t11-,14-/m0/s1. The molecule has 3 aromatic rings. The number of anilines is 1. The molecule has 1 aliphatic carbocycles. The second-order valence-corrected chi connectivity index (χ2v) is 11.0. The van der Waals surface area contributed by atoms with Crippen molar-refractivity contribution in [2.75, 3.05) is 26.1 Å². The lowest BCUT2D eigenvalue weighted by Crippen LogP contribution is -2.44. The Morgan fingerprint density at radius 3 is 2.13 bits per heavy atom. The maximum atomic E-state index is 14.4. The average Bonchev–Trinajstić information content (AvgIpc) is 3.26. The molecule has 38 heavy (non-hydrogen) atoms. The van der Waals surface area contributed by atoms with Gasteiger partial charge in [0.05, 0.1) is 24.7 Å². The summed E-state index contributed by atoms with van der Waals surface area (Å²) in [5.74, 6) is -0.640. The number of methoxy groups -OCH3 is 3. The quantitative estimate of drug-likeness (QED) is 0.359. The highest BCUT2D eigenvalue weighted by Gasteiger charge is 2.52. The van der Waals surface area contributed by atoms with Crippen molar-refractivity contribution in [3.63, 3.8) is 0 Å². The first-order chi connectivity index (χ1) is 18.1. The van der Waals surface area contributed by atoms with Crippen LogP contribution in [0.15, 0.2) is 18.7 Å². The number of alkyl halides is 2. The van der Waals surface area contributed by atoms with E-state index in [1.165, 1.54) is 40.6 Å². The van der Waals surface area contributed by atoms with E-state index in [1.54, 1.807) is 0 Å². The molecule has 0 aliphatic heterocycles. The zero-order valence-electron chi connectivity index (χ0n) is 20.8. The summed E-state index contributed by atoms with van der Waals surface area (Å²) >= 11 is 5.84. The maximum Gasteiger partial charge on any atom is 0.251 e. The van der Waals surface area contributed by atoms with Gasteiger partial charge < -0.3 is 14.2 Å². The van der Waals surface area contributed by atoms with Gasteiger partial charge >= 0.3 is 0 Å². The van der Waals surface area contributed by atoms with Gasteiger partial charge in [-0.3, -0.25) is 9.29 Å². The van der Waals surface area contributed by atoms with E-state index < -0.39 is 39.2 Å². The maximum absolute atomic E-state index is 14.4. The summed E-state index contributed by atoms with van der Waals surface area (Å²) in [5.41, 5.74) is -1.71. The van der Waals surface area contributed by atoms with Gasteiger partial charge in [-0.05, 0) is 19.8 Å². The number of aromatic nitrogens is 7. The highest BCUT2D eigenvalue weighted by Crippen LogP contribution is 2.49. The molecule has 1 fully saturated rings. The third kappa shape index (κ3) is 4.82. The number of nitrogens with one attached hydrogen (secondary N) is 1. The van der Waals surface area contributed by atoms with Crippen LogP contribution in [0, 0.1) is 0 Å². The predicted molar refractivity (Wildman–Crippen MR) is 130 cm³/mol. The van der Waals surface area contributed by atoms with Crippen molar-refractivity contribution in [3.05, 3.63) is 35.4 Å². The average molecular weight is 575 g/mol. The van der Waals surface area contributed by atoms with Gasteiger partial charge in [0.15, 0.2) is 17.3 Å². The van der Waals surface area contributed by atoms with Crippen molar-refractivity contribution >= 4 is 27.6 Å². The topological polar surface area (TPSA) is 156 Å². The Labute approximate surface area is 222 Å². The van der Waals surface area contributed by atoms with Gasteiger partial charge in [-0.15, -0.1) is 10.2 Å². The minimum Gasteiger partial charge on any atom is -0.479 e. The molecule has 17 heteroatoms. The Hall–Kier alpha value is -3.24. The number of halogens is 3. The van der Waals surface area contributed by atoms with Gasteiger partial charge in [0.2, 0.25) is 27.7 Å². The smallest absolute Gasteiger partial charge is 0.251 e. The van der Waals surface area contributed by atoms with Gasteiger partial charge in [0.1, 0.15) is 17.7 Å². The fourth-order valence-corrected chi connectivity index (χ4v) is 5.41. The van der Waals surface area contributed by atoms with E-state index in [9.17, 15) is 17.2 Å². The number of rotatable bonds is 11. The molecule has 206 valence electrons. The van der Waals surface area contributed by atoms with Crippen LogP contribution in [0.3, 0.4) is 0 Å². The molecule has 0 radical (unpaired) electrons. The van der Waals surface area contributed by atoms with Crippen molar-refractivity contribution < 1.29 is 31.4 Å². The van der Waals surface area contributed by atoms with Crippen molar-refractivity contribution in [3.8, 4) is 17.4 Å². The minimum absolute atomic E-state index is 0.0425. The molecule has 13 nitrogen and oxygen atoms in total. The first-order valence-corrected chi connectivity index (χ1v) is 13.2. The van der Waals surface area contributed by atoms with Gasteiger partial charge in [0, 0.05) is 19.5 Å². The van der Waals surface area contributed by atoms with Crippen LogP contribution in [0.5, 0.6) is 11.8 Å². The molecule has 0 amide bonds.